The Bertz CT molecular complexity index is 813. The summed E-state index contributed by atoms with van der Waals surface area (Å²) in [7, 11) is 0. The number of benzene rings is 2. The van der Waals surface area contributed by atoms with Crippen LogP contribution in [0.5, 0.6) is 0 Å². The first kappa shape index (κ1) is 19.2. The van der Waals surface area contributed by atoms with Crippen LogP contribution in [0.25, 0.3) is 10.8 Å². The quantitative estimate of drug-likeness (QED) is 0.353. The van der Waals surface area contributed by atoms with Gasteiger partial charge < -0.3 is 10.6 Å². The second kappa shape index (κ2) is 9.98. The van der Waals surface area contributed by atoms with E-state index in [1.165, 1.54) is 16.3 Å². The summed E-state index contributed by atoms with van der Waals surface area (Å²) in [6.07, 6.45) is 1.85. The smallest absolute Gasteiger partial charge is 0.191 e. The molecule has 0 fully saturated rings. The lowest BCUT2D eigenvalue weighted by Crippen LogP contribution is -2.37. The Labute approximate surface area is 165 Å². The molecule has 2 N–H and O–H groups in total. The molecule has 4 nitrogen and oxygen atoms in total. The van der Waals surface area contributed by atoms with Gasteiger partial charge in [0.1, 0.15) is 0 Å². The molecule has 0 aliphatic carbocycles. The van der Waals surface area contributed by atoms with E-state index in [2.05, 4.69) is 51.8 Å². The highest BCUT2D eigenvalue weighted by atomic mass is 127. The number of nitrogens with zero attached hydrogens (tertiary/aromatic N) is 2. The predicted molar refractivity (Wildman–Crippen MR) is 115 cm³/mol. The van der Waals surface area contributed by atoms with Crippen LogP contribution >= 0.6 is 24.0 Å². The average Bonchev–Trinajstić information content (AvgIpc) is 2.65. The van der Waals surface area contributed by atoms with E-state index in [1.807, 2.05) is 42.6 Å². The number of guanidine groups is 1. The number of hydrogen-bond donors (Lipinski definition) is 2. The Balaban J connectivity index is 0.00000225. The molecule has 1 heterocycles. The number of aliphatic imine (C=N–C) groups is 1. The molecule has 2 aromatic carbocycles. The van der Waals surface area contributed by atoms with Crippen LogP contribution in [0, 0.1) is 0 Å². The zero-order valence-corrected chi connectivity index (χ0v) is 16.6. The second-order valence-electron chi connectivity index (χ2n) is 5.51. The van der Waals surface area contributed by atoms with Gasteiger partial charge in [0.25, 0.3) is 0 Å². The van der Waals surface area contributed by atoms with Crippen LogP contribution in [0.4, 0.5) is 0 Å². The number of nitrogens with one attached hydrogen (secondary N) is 2. The molecule has 0 amide bonds. The van der Waals surface area contributed by atoms with E-state index >= 15 is 0 Å². The lowest BCUT2D eigenvalue weighted by molar-refractivity contribution is 0.804. The van der Waals surface area contributed by atoms with Crippen molar-refractivity contribution in [2.75, 3.05) is 6.54 Å². The van der Waals surface area contributed by atoms with Gasteiger partial charge in [0.15, 0.2) is 5.96 Å². The van der Waals surface area contributed by atoms with E-state index in [0.29, 0.717) is 13.1 Å². The van der Waals surface area contributed by atoms with Crippen LogP contribution in [-0.4, -0.2) is 17.5 Å². The van der Waals surface area contributed by atoms with Gasteiger partial charge in [-0.3, -0.25) is 4.98 Å². The van der Waals surface area contributed by atoms with Gasteiger partial charge >= 0.3 is 0 Å². The molecular weight excluding hydrogens is 423 g/mol. The molecule has 0 aliphatic rings. The van der Waals surface area contributed by atoms with E-state index < -0.39 is 0 Å². The molecule has 0 bridgehead atoms. The van der Waals surface area contributed by atoms with Gasteiger partial charge in [0.05, 0.1) is 18.8 Å². The topological polar surface area (TPSA) is 49.3 Å². The molecule has 5 heteroatoms. The Kier molecular flexibility index (Phi) is 7.66. The van der Waals surface area contributed by atoms with Crippen LogP contribution in [0.1, 0.15) is 18.2 Å². The summed E-state index contributed by atoms with van der Waals surface area (Å²) in [6, 6.07) is 20.6. The molecule has 0 atom stereocenters. The molecule has 3 rings (SSSR count). The minimum absolute atomic E-state index is 0. The van der Waals surface area contributed by atoms with Crippen LogP contribution in [0.3, 0.4) is 0 Å². The van der Waals surface area contributed by atoms with Gasteiger partial charge in [-0.15, -0.1) is 24.0 Å². The first-order valence-corrected chi connectivity index (χ1v) is 8.25. The van der Waals surface area contributed by atoms with Crippen molar-refractivity contribution in [1.29, 1.82) is 0 Å². The molecule has 0 aliphatic heterocycles. The normalized spacial score (nSPS) is 11.0. The van der Waals surface area contributed by atoms with Crippen LogP contribution in [0.15, 0.2) is 71.9 Å². The number of aromatic nitrogens is 1. The van der Waals surface area contributed by atoms with Crippen molar-refractivity contribution in [3.8, 4) is 0 Å². The van der Waals surface area contributed by atoms with E-state index in [1.54, 1.807) is 0 Å². The molecule has 3 aromatic rings. The summed E-state index contributed by atoms with van der Waals surface area (Å²) >= 11 is 0. The lowest BCUT2D eigenvalue weighted by atomic mass is 10.1. The third-order valence-corrected chi connectivity index (χ3v) is 3.79. The second-order valence-corrected chi connectivity index (χ2v) is 5.51. The Morgan fingerprint density at radius 1 is 0.960 bits per heavy atom. The van der Waals surface area contributed by atoms with E-state index in [0.717, 1.165) is 18.2 Å². The Morgan fingerprint density at radius 3 is 2.52 bits per heavy atom. The van der Waals surface area contributed by atoms with Crippen molar-refractivity contribution < 1.29 is 0 Å². The molecule has 0 spiro atoms. The first-order valence-electron chi connectivity index (χ1n) is 8.25. The van der Waals surface area contributed by atoms with Gasteiger partial charge in [-0.2, -0.15) is 0 Å². The van der Waals surface area contributed by atoms with Crippen molar-refractivity contribution >= 4 is 40.7 Å². The van der Waals surface area contributed by atoms with Gasteiger partial charge in [-0.1, -0.05) is 54.6 Å². The maximum absolute atomic E-state index is 4.65. The van der Waals surface area contributed by atoms with Crippen molar-refractivity contribution in [2.24, 2.45) is 4.99 Å². The summed E-state index contributed by atoms with van der Waals surface area (Å²) in [5.41, 5.74) is 2.22. The third kappa shape index (κ3) is 5.42. The fourth-order valence-electron chi connectivity index (χ4n) is 2.59. The minimum atomic E-state index is 0. The highest BCUT2D eigenvalue weighted by molar-refractivity contribution is 14.0. The van der Waals surface area contributed by atoms with E-state index in [4.69, 9.17) is 0 Å². The fraction of sp³-hybridized carbons (Fsp3) is 0.200. The molecule has 0 saturated heterocycles. The third-order valence-electron chi connectivity index (χ3n) is 3.79. The summed E-state index contributed by atoms with van der Waals surface area (Å²) in [4.78, 5) is 9.16. The molecule has 0 unspecified atom stereocenters. The molecular formula is C20H23IN4. The summed E-state index contributed by atoms with van der Waals surface area (Å²) in [5.74, 6) is 0.802. The lowest BCUT2D eigenvalue weighted by Gasteiger charge is -2.12. The van der Waals surface area contributed by atoms with Crippen molar-refractivity contribution in [2.45, 2.75) is 20.0 Å². The summed E-state index contributed by atoms with van der Waals surface area (Å²) in [5, 5.41) is 9.03. The number of rotatable bonds is 5. The van der Waals surface area contributed by atoms with Crippen LogP contribution < -0.4 is 10.6 Å². The van der Waals surface area contributed by atoms with Crippen LogP contribution in [0.2, 0.25) is 0 Å². The monoisotopic (exact) mass is 446 g/mol. The van der Waals surface area contributed by atoms with Crippen molar-refractivity contribution in [1.82, 2.24) is 15.6 Å². The maximum atomic E-state index is 4.65. The number of fused-ring (bicyclic) bond motifs is 1. The van der Waals surface area contributed by atoms with Crippen molar-refractivity contribution in [3.63, 3.8) is 0 Å². The summed E-state index contributed by atoms with van der Waals surface area (Å²) in [6.45, 7) is 4.18. The van der Waals surface area contributed by atoms with E-state index in [9.17, 15) is 0 Å². The van der Waals surface area contributed by atoms with Gasteiger partial charge in [0.2, 0.25) is 0 Å². The number of pyridine rings is 1. The number of halogens is 1. The number of hydrogen-bond acceptors (Lipinski definition) is 2. The van der Waals surface area contributed by atoms with Gasteiger partial charge in [-0.05, 0) is 23.9 Å². The first-order chi connectivity index (χ1) is 11.9. The highest BCUT2D eigenvalue weighted by Gasteiger charge is 2.03. The molecule has 25 heavy (non-hydrogen) atoms. The fourth-order valence-corrected chi connectivity index (χ4v) is 2.59. The SMILES string of the molecule is CCNC(=NCc1ccccc1)NCc1nccc2ccccc12.I. The van der Waals surface area contributed by atoms with Crippen molar-refractivity contribution in [3.05, 3.63) is 78.1 Å². The van der Waals surface area contributed by atoms with Gasteiger partial charge in [0, 0.05) is 18.1 Å². The standard InChI is InChI=1S/C20H22N4.HI/c1-2-21-20(23-14-16-8-4-3-5-9-16)24-15-19-18-11-7-6-10-17(18)12-13-22-19;/h3-13H,2,14-15H2,1H3,(H2,21,23,24);1H. The minimum Gasteiger partial charge on any atom is -0.357 e. The largest absolute Gasteiger partial charge is 0.357 e. The zero-order valence-electron chi connectivity index (χ0n) is 14.3. The van der Waals surface area contributed by atoms with Gasteiger partial charge in [-0.25, -0.2) is 4.99 Å². The summed E-state index contributed by atoms with van der Waals surface area (Å²) < 4.78 is 0. The Hall–Kier alpha value is -2.15. The molecule has 130 valence electrons. The van der Waals surface area contributed by atoms with E-state index in [-0.39, 0.29) is 24.0 Å². The van der Waals surface area contributed by atoms with Crippen LogP contribution in [-0.2, 0) is 13.1 Å². The average molecular weight is 446 g/mol. The Morgan fingerprint density at radius 2 is 1.72 bits per heavy atom. The zero-order chi connectivity index (χ0) is 16.6. The molecule has 0 saturated carbocycles. The predicted octanol–water partition coefficient (Wildman–Crippen LogP) is 4.11. The molecule has 1 aromatic heterocycles. The highest BCUT2D eigenvalue weighted by Crippen LogP contribution is 2.15. The maximum Gasteiger partial charge on any atom is 0.191 e. The molecule has 0 radical (unpaired) electrons.